The van der Waals surface area contributed by atoms with Crippen LogP contribution in [0, 0.1) is 10.1 Å². The summed E-state index contributed by atoms with van der Waals surface area (Å²) in [6.07, 6.45) is -8.45. The van der Waals surface area contributed by atoms with Crippen molar-refractivity contribution in [3.63, 3.8) is 0 Å². The molecule has 0 radical (unpaired) electrons. The van der Waals surface area contributed by atoms with E-state index >= 15 is 0 Å². The van der Waals surface area contributed by atoms with E-state index in [9.17, 15) is 32.1 Å². The van der Waals surface area contributed by atoms with Crippen molar-refractivity contribution < 1.29 is 36.7 Å². The second-order valence-electron chi connectivity index (χ2n) is 3.10. The zero-order valence-electron chi connectivity index (χ0n) is 8.82. The average molecular weight is 288 g/mol. The predicted molar refractivity (Wildman–Crippen MR) is 48.5 cm³/mol. The van der Waals surface area contributed by atoms with Gasteiger partial charge in [0.25, 0.3) is 6.43 Å². The molecule has 0 bridgehead atoms. The molecule has 106 valence electrons. The highest BCUT2D eigenvalue weighted by atomic mass is 19.4. The van der Waals surface area contributed by atoms with Gasteiger partial charge < -0.3 is 9.84 Å². The molecule has 11 heteroatoms. The minimum atomic E-state index is -5.35. The van der Waals surface area contributed by atoms with Crippen LogP contribution in [-0.4, -0.2) is 21.4 Å². The van der Waals surface area contributed by atoms with Gasteiger partial charge in [0, 0.05) is 6.20 Å². The number of pyridine rings is 1. The number of nitrogens with zero attached hydrogens (tertiary/aromatic N) is 2. The monoisotopic (exact) mass is 288 g/mol. The number of halogens is 5. The minimum Gasteiger partial charge on any atom is -0.396 e. The Bertz CT molecular complexity index is 491. The Morgan fingerprint density at radius 1 is 1.47 bits per heavy atom. The highest BCUT2D eigenvalue weighted by Crippen LogP contribution is 2.40. The van der Waals surface area contributed by atoms with E-state index in [4.69, 9.17) is 5.11 Å². The van der Waals surface area contributed by atoms with Crippen LogP contribution in [-0.2, 0) is 6.61 Å². The number of nitro groups is 1. The molecule has 1 N–H and O–H groups in total. The van der Waals surface area contributed by atoms with Crippen molar-refractivity contribution in [3.05, 3.63) is 27.6 Å². The summed E-state index contributed by atoms with van der Waals surface area (Å²) in [5.41, 5.74) is -3.78. The van der Waals surface area contributed by atoms with Crippen LogP contribution >= 0.6 is 0 Å². The molecule has 1 rings (SSSR count). The molecule has 0 saturated carbocycles. The van der Waals surface area contributed by atoms with Gasteiger partial charge in [0.05, 0.1) is 11.5 Å². The van der Waals surface area contributed by atoms with Gasteiger partial charge in [-0.05, 0) is 0 Å². The topological polar surface area (TPSA) is 85.5 Å². The molecule has 0 unspecified atom stereocenters. The van der Waals surface area contributed by atoms with Crippen LogP contribution in [0.5, 0.6) is 5.75 Å². The predicted octanol–water partition coefficient (Wildman–Crippen LogP) is 2.32. The molecule has 1 heterocycles. The number of alkyl halides is 5. The first-order chi connectivity index (χ1) is 8.67. The fourth-order valence-electron chi connectivity index (χ4n) is 1.22. The number of rotatable bonds is 4. The lowest BCUT2D eigenvalue weighted by molar-refractivity contribution is -0.390. The van der Waals surface area contributed by atoms with Gasteiger partial charge in [-0.2, -0.15) is 0 Å². The maximum absolute atomic E-state index is 12.5. The zero-order valence-corrected chi connectivity index (χ0v) is 8.82. The van der Waals surface area contributed by atoms with Gasteiger partial charge in [0.2, 0.25) is 5.75 Å². The summed E-state index contributed by atoms with van der Waals surface area (Å²) in [6, 6.07) is 0. The lowest BCUT2D eigenvalue weighted by Crippen LogP contribution is -2.20. The number of aromatic nitrogens is 1. The fraction of sp³-hybridized carbons (Fsp3) is 0.375. The first kappa shape index (κ1) is 15.0. The van der Waals surface area contributed by atoms with Crippen LogP contribution in [0.2, 0.25) is 0 Å². The minimum absolute atomic E-state index is 0.317. The SMILES string of the molecule is O=[N+]([O-])c1c(C(F)F)cnc(CO)c1OC(F)(F)F. The molecule has 0 amide bonds. The van der Waals surface area contributed by atoms with E-state index in [1.54, 1.807) is 0 Å². The standard InChI is InChI=1S/C8H5F5N2O4/c9-7(10)3-1-14-4(2-16)6(5(3)15(17)18)19-8(11,12)13/h1,7,16H,2H2. The van der Waals surface area contributed by atoms with Gasteiger partial charge in [0.15, 0.2) is 0 Å². The Hall–Kier alpha value is -2.04. The van der Waals surface area contributed by atoms with Gasteiger partial charge in [-0.3, -0.25) is 15.1 Å². The largest absolute Gasteiger partial charge is 0.573 e. The third kappa shape index (κ3) is 3.47. The molecular weight excluding hydrogens is 283 g/mol. The Balaban J connectivity index is 3.53. The van der Waals surface area contributed by atoms with Gasteiger partial charge in [-0.25, -0.2) is 8.78 Å². The third-order valence-electron chi connectivity index (χ3n) is 1.90. The summed E-state index contributed by atoms with van der Waals surface area (Å²) in [5, 5.41) is 19.3. The van der Waals surface area contributed by atoms with Crippen LogP contribution in [0.15, 0.2) is 6.20 Å². The Morgan fingerprint density at radius 2 is 2.05 bits per heavy atom. The van der Waals surface area contributed by atoms with Crippen LogP contribution < -0.4 is 4.74 Å². The lowest BCUT2D eigenvalue weighted by atomic mass is 10.2. The first-order valence-corrected chi connectivity index (χ1v) is 4.48. The van der Waals surface area contributed by atoms with Gasteiger partial charge in [-0.15, -0.1) is 13.2 Å². The molecule has 0 fully saturated rings. The number of aliphatic hydroxyl groups is 1. The smallest absolute Gasteiger partial charge is 0.396 e. The van der Waals surface area contributed by atoms with Crippen LogP contribution in [0.1, 0.15) is 17.7 Å². The Kier molecular flexibility index (Phi) is 4.19. The normalized spacial score (nSPS) is 11.7. The molecule has 6 nitrogen and oxygen atoms in total. The second-order valence-corrected chi connectivity index (χ2v) is 3.10. The number of hydrogen-bond acceptors (Lipinski definition) is 5. The van der Waals surface area contributed by atoms with E-state index in [2.05, 4.69) is 9.72 Å². The molecule has 19 heavy (non-hydrogen) atoms. The summed E-state index contributed by atoms with van der Waals surface area (Å²) in [5.74, 6) is -1.54. The maximum Gasteiger partial charge on any atom is 0.573 e. The summed E-state index contributed by atoms with van der Waals surface area (Å²) in [4.78, 5) is 12.2. The van der Waals surface area contributed by atoms with Crippen molar-refractivity contribution >= 4 is 5.69 Å². The van der Waals surface area contributed by atoms with Crippen molar-refractivity contribution in [2.24, 2.45) is 0 Å². The van der Waals surface area contributed by atoms with Gasteiger partial charge in [0.1, 0.15) is 11.3 Å². The lowest BCUT2D eigenvalue weighted by Gasteiger charge is -2.13. The number of aliphatic hydroxyl groups excluding tert-OH is 1. The van der Waals surface area contributed by atoms with Crippen molar-refractivity contribution in [1.29, 1.82) is 0 Å². The molecule has 0 aromatic carbocycles. The van der Waals surface area contributed by atoms with Gasteiger partial charge >= 0.3 is 12.0 Å². The van der Waals surface area contributed by atoms with Crippen LogP contribution in [0.3, 0.4) is 0 Å². The second kappa shape index (κ2) is 5.30. The summed E-state index contributed by atoms with van der Waals surface area (Å²) >= 11 is 0. The van der Waals surface area contributed by atoms with E-state index in [1.165, 1.54) is 0 Å². The molecule has 0 aliphatic rings. The molecule has 1 aromatic rings. The van der Waals surface area contributed by atoms with E-state index in [-0.39, 0.29) is 0 Å². The van der Waals surface area contributed by atoms with Crippen molar-refractivity contribution in [2.75, 3.05) is 0 Å². The quantitative estimate of drug-likeness (QED) is 0.522. The van der Waals surface area contributed by atoms with Crippen molar-refractivity contribution in [2.45, 2.75) is 19.4 Å². The zero-order chi connectivity index (χ0) is 14.8. The average Bonchev–Trinajstić information content (AvgIpc) is 2.25. The van der Waals surface area contributed by atoms with E-state index in [0.717, 1.165) is 0 Å². The molecular formula is C8H5F5N2O4. The maximum atomic E-state index is 12.5. The molecule has 1 aromatic heterocycles. The van der Waals surface area contributed by atoms with E-state index in [0.29, 0.717) is 6.20 Å². The Labute approximate surface area is 101 Å². The summed E-state index contributed by atoms with van der Waals surface area (Å²) < 4.78 is 64.6. The third-order valence-corrected chi connectivity index (χ3v) is 1.90. The fourth-order valence-corrected chi connectivity index (χ4v) is 1.22. The molecule has 0 saturated heterocycles. The first-order valence-electron chi connectivity index (χ1n) is 4.48. The van der Waals surface area contributed by atoms with Crippen LogP contribution in [0.4, 0.5) is 27.6 Å². The van der Waals surface area contributed by atoms with E-state index in [1.807, 2.05) is 0 Å². The molecule has 0 spiro atoms. The molecule has 0 aliphatic heterocycles. The highest BCUT2D eigenvalue weighted by Gasteiger charge is 2.39. The number of hydrogen-bond donors (Lipinski definition) is 1. The summed E-state index contributed by atoms with van der Waals surface area (Å²) in [7, 11) is 0. The van der Waals surface area contributed by atoms with Crippen LogP contribution in [0.25, 0.3) is 0 Å². The number of ether oxygens (including phenoxy) is 1. The summed E-state index contributed by atoms with van der Waals surface area (Å²) in [6.45, 7) is -1.14. The molecule has 0 aliphatic carbocycles. The van der Waals surface area contributed by atoms with Crippen molar-refractivity contribution in [3.8, 4) is 5.75 Å². The molecule has 0 atom stereocenters. The van der Waals surface area contributed by atoms with Crippen molar-refractivity contribution in [1.82, 2.24) is 4.98 Å². The Morgan fingerprint density at radius 3 is 2.42 bits per heavy atom. The van der Waals surface area contributed by atoms with E-state index < -0.39 is 47.0 Å². The van der Waals surface area contributed by atoms with Gasteiger partial charge in [-0.1, -0.05) is 0 Å². The highest BCUT2D eigenvalue weighted by molar-refractivity contribution is 5.54.